The van der Waals surface area contributed by atoms with Gasteiger partial charge in [-0.25, -0.2) is 0 Å². The van der Waals surface area contributed by atoms with Crippen LogP contribution in [0.5, 0.6) is 5.75 Å². The third-order valence-corrected chi connectivity index (χ3v) is 4.16. The number of aromatic nitrogens is 1. The largest absolute Gasteiger partial charge is 0.377 e. The van der Waals surface area contributed by atoms with Crippen molar-refractivity contribution >= 4 is 10.1 Å². The number of pyridine rings is 1. The molecule has 1 heterocycles. The third kappa shape index (κ3) is 3.17. The van der Waals surface area contributed by atoms with Crippen molar-refractivity contribution in [3.63, 3.8) is 0 Å². The van der Waals surface area contributed by atoms with Gasteiger partial charge in [-0.15, -0.1) is 0 Å². The van der Waals surface area contributed by atoms with Crippen molar-refractivity contribution < 1.29 is 12.6 Å². The van der Waals surface area contributed by atoms with Gasteiger partial charge < -0.3 is 4.18 Å². The SMILES string of the molecule is CCc1nc(C)ccc1OS(=O)(=O)c1ccc(C)cc1. The molecule has 0 amide bonds. The fourth-order valence-electron chi connectivity index (χ4n) is 1.80. The summed E-state index contributed by atoms with van der Waals surface area (Å²) in [6.45, 7) is 5.67. The smallest absolute Gasteiger partial charge is 0.339 e. The van der Waals surface area contributed by atoms with Crippen LogP contribution in [-0.2, 0) is 16.5 Å². The highest BCUT2D eigenvalue weighted by molar-refractivity contribution is 7.87. The molecule has 2 aromatic rings. The van der Waals surface area contributed by atoms with Crippen molar-refractivity contribution in [3.8, 4) is 5.75 Å². The lowest BCUT2D eigenvalue weighted by molar-refractivity contribution is 0.481. The molecule has 0 aliphatic rings. The molecule has 2 rings (SSSR count). The topological polar surface area (TPSA) is 56.3 Å². The highest BCUT2D eigenvalue weighted by atomic mass is 32.2. The summed E-state index contributed by atoms with van der Waals surface area (Å²) in [5, 5.41) is 0. The molecule has 0 aliphatic heterocycles. The van der Waals surface area contributed by atoms with E-state index in [4.69, 9.17) is 4.18 Å². The zero-order valence-electron chi connectivity index (χ0n) is 11.8. The Hall–Kier alpha value is -1.88. The quantitative estimate of drug-likeness (QED) is 0.812. The van der Waals surface area contributed by atoms with E-state index in [0.717, 1.165) is 11.3 Å². The van der Waals surface area contributed by atoms with Crippen molar-refractivity contribution in [2.75, 3.05) is 0 Å². The molecule has 0 N–H and O–H groups in total. The van der Waals surface area contributed by atoms with Crippen LogP contribution in [-0.4, -0.2) is 13.4 Å². The maximum Gasteiger partial charge on any atom is 0.339 e. The minimum Gasteiger partial charge on any atom is -0.377 e. The Morgan fingerprint density at radius 2 is 1.70 bits per heavy atom. The van der Waals surface area contributed by atoms with E-state index in [9.17, 15) is 8.42 Å². The minimum absolute atomic E-state index is 0.144. The average molecular weight is 291 g/mol. The fourth-order valence-corrected chi connectivity index (χ4v) is 2.75. The second-order valence-electron chi connectivity index (χ2n) is 4.60. The second-order valence-corrected chi connectivity index (χ2v) is 6.15. The van der Waals surface area contributed by atoms with Gasteiger partial charge in [-0.2, -0.15) is 8.42 Å². The molecular weight excluding hydrogens is 274 g/mol. The Labute approximate surface area is 119 Å². The molecule has 0 atom stereocenters. The second kappa shape index (κ2) is 5.63. The molecule has 0 aliphatic carbocycles. The predicted octanol–water partition coefficient (Wildman–Crippen LogP) is 3.03. The molecule has 106 valence electrons. The Balaban J connectivity index is 2.35. The Bertz CT molecular complexity index is 706. The zero-order valence-corrected chi connectivity index (χ0v) is 12.6. The van der Waals surface area contributed by atoms with Gasteiger partial charge in [-0.05, 0) is 44.5 Å². The number of hydrogen-bond donors (Lipinski definition) is 0. The molecular formula is C15H17NO3S. The highest BCUT2D eigenvalue weighted by Gasteiger charge is 2.18. The molecule has 4 nitrogen and oxygen atoms in total. The Morgan fingerprint density at radius 1 is 1.05 bits per heavy atom. The molecule has 1 aromatic carbocycles. The van der Waals surface area contributed by atoms with Crippen LogP contribution in [0.1, 0.15) is 23.9 Å². The standard InChI is InChI=1S/C15H17NO3S/c1-4-14-15(10-7-12(3)16-14)19-20(17,18)13-8-5-11(2)6-9-13/h5-10H,4H2,1-3H3. The van der Waals surface area contributed by atoms with E-state index in [0.29, 0.717) is 17.9 Å². The van der Waals surface area contributed by atoms with Gasteiger partial charge in [0.1, 0.15) is 4.90 Å². The first-order valence-electron chi connectivity index (χ1n) is 6.40. The normalized spacial score (nSPS) is 11.3. The lowest BCUT2D eigenvalue weighted by Crippen LogP contribution is -2.11. The van der Waals surface area contributed by atoms with E-state index >= 15 is 0 Å². The average Bonchev–Trinajstić information content (AvgIpc) is 2.41. The number of aryl methyl sites for hydroxylation is 3. The monoisotopic (exact) mass is 291 g/mol. The summed E-state index contributed by atoms with van der Waals surface area (Å²) < 4.78 is 29.6. The van der Waals surface area contributed by atoms with E-state index in [1.54, 1.807) is 24.3 Å². The summed E-state index contributed by atoms with van der Waals surface area (Å²) in [5.41, 5.74) is 2.47. The number of rotatable bonds is 4. The Kier molecular flexibility index (Phi) is 4.09. The Morgan fingerprint density at radius 3 is 2.30 bits per heavy atom. The van der Waals surface area contributed by atoms with Crippen LogP contribution < -0.4 is 4.18 Å². The van der Waals surface area contributed by atoms with Crippen LogP contribution in [0, 0.1) is 13.8 Å². The van der Waals surface area contributed by atoms with Crippen molar-refractivity contribution in [3.05, 3.63) is 53.3 Å². The van der Waals surface area contributed by atoms with Crippen LogP contribution in [0.25, 0.3) is 0 Å². The molecule has 0 saturated heterocycles. The maximum atomic E-state index is 12.2. The summed E-state index contributed by atoms with van der Waals surface area (Å²) in [4.78, 5) is 4.44. The van der Waals surface area contributed by atoms with Crippen LogP contribution >= 0.6 is 0 Å². The van der Waals surface area contributed by atoms with Gasteiger partial charge in [0.15, 0.2) is 5.75 Å². The van der Waals surface area contributed by atoms with E-state index < -0.39 is 10.1 Å². The molecule has 1 aromatic heterocycles. The van der Waals surface area contributed by atoms with Gasteiger partial charge in [-0.1, -0.05) is 24.6 Å². The van der Waals surface area contributed by atoms with Crippen molar-refractivity contribution in [2.24, 2.45) is 0 Å². The van der Waals surface area contributed by atoms with Crippen molar-refractivity contribution in [2.45, 2.75) is 32.1 Å². The van der Waals surface area contributed by atoms with Crippen LogP contribution in [0.4, 0.5) is 0 Å². The molecule has 0 radical (unpaired) electrons. The minimum atomic E-state index is -3.82. The van der Waals surface area contributed by atoms with Crippen molar-refractivity contribution in [1.82, 2.24) is 4.98 Å². The van der Waals surface area contributed by atoms with E-state index in [1.807, 2.05) is 20.8 Å². The van der Waals surface area contributed by atoms with E-state index in [1.165, 1.54) is 12.1 Å². The summed E-state index contributed by atoms with van der Waals surface area (Å²) in [6.07, 6.45) is 0.612. The molecule has 0 bridgehead atoms. The predicted molar refractivity (Wildman–Crippen MR) is 77.3 cm³/mol. The lowest BCUT2D eigenvalue weighted by Gasteiger charge is -2.10. The zero-order chi connectivity index (χ0) is 14.8. The molecule has 0 saturated carbocycles. The van der Waals surface area contributed by atoms with Crippen LogP contribution in [0.15, 0.2) is 41.3 Å². The van der Waals surface area contributed by atoms with Crippen LogP contribution in [0.3, 0.4) is 0 Å². The first-order valence-corrected chi connectivity index (χ1v) is 7.81. The van der Waals surface area contributed by atoms with Gasteiger partial charge >= 0.3 is 10.1 Å². The van der Waals surface area contributed by atoms with Gasteiger partial charge in [0.05, 0.1) is 5.69 Å². The van der Waals surface area contributed by atoms with E-state index in [2.05, 4.69) is 4.98 Å². The van der Waals surface area contributed by atoms with Gasteiger partial charge in [-0.3, -0.25) is 4.98 Å². The molecule has 0 unspecified atom stereocenters. The van der Waals surface area contributed by atoms with Gasteiger partial charge in [0.25, 0.3) is 0 Å². The lowest BCUT2D eigenvalue weighted by atomic mass is 10.2. The van der Waals surface area contributed by atoms with Crippen molar-refractivity contribution in [1.29, 1.82) is 0 Å². The summed E-state index contributed by atoms with van der Waals surface area (Å²) in [5.74, 6) is 0.290. The number of benzene rings is 1. The molecule has 0 fully saturated rings. The maximum absolute atomic E-state index is 12.2. The molecule has 5 heteroatoms. The first-order chi connectivity index (χ1) is 9.42. The molecule has 0 spiro atoms. The third-order valence-electron chi connectivity index (χ3n) is 2.92. The first kappa shape index (κ1) is 14.5. The summed E-state index contributed by atoms with van der Waals surface area (Å²) in [6, 6.07) is 9.94. The van der Waals surface area contributed by atoms with Gasteiger partial charge in [0.2, 0.25) is 0 Å². The fraction of sp³-hybridized carbons (Fsp3) is 0.267. The number of hydrogen-bond acceptors (Lipinski definition) is 4. The number of nitrogens with zero attached hydrogens (tertiary/aromatic N) is 1. The molecule has 20 heavy (non-hydrogen) atoms. The van der Waals surface area contributed by atoms with Crippen LogP contribution in [0.2, 0.25) is 0 Å². The van der Waals surface area contributed by atoms with Gasteiger partial charge in [0, 0.05) is 5.69 Å². The highest BCUT2D eigenvalue weighted by Crippen LogP contribution is 2.22. The summed E-state index contributed by atoms with van der Waals surface area (Å²) in [7, 11) is -3.82. The van der Waals surface area contributed by atoms with E-state index in [-0.39, 0.29) is 4.90 Å². The summed E-state index contributed by atoms with van der Waals surface area (Å²) >= 11 is 0.